The lowest BCUT2D eigenvalue weighted by Gasteiger charge is -2.32. The first kappa shape index (κ1) is 7.32. The van der Waals surface area contributed by atoms with Crippen molar-refractivity contribution < 1.29 is 10.2 Å². The van der Waals surface area contributed by atoms with Crippen molar-refractivity contribution in [3.05, 3.63) is 12.7 Å². The summed E-state index contributed by atoms with van der Waals surface area (Å²) in [5.74, 6) is -0.936. The zero-order valence-electron chi connectivity index (χ0n) is 6.53. The fourth-order valence-electron chi connectivity index (χ4n) is 2.71. The molecule has 0 saturated heterocycles. The summed E-state index contributed by atoms with van der Waals surface area (Å²) >= 11 is 0. The van der Waals surface area contributed by atoms with Gasteiger partial charge in [-0.05, 0) is 25.2 Å². The second-order valence-corrected chi connectivity index (χ2v) is 3.81. The molecule has 2 nitrogen and oxygen atoms in total. The monoisotopic (exact) mass is 154 g/mol. The molecule has 0 aromatic heterocycles. The lowest BCUT2D eigenvalue weighted by atomic mass is 9.83. The van der Waals surface area contributed by atoms with Crippen molar-refractivity contribution in [1.29, 1.82) is 0 Å². The molecule has 0 radical (unpaired) electrons. The van der Waals surface area contributed by atoms with Gasteiger partial charge in [-0.2, -0.15) is 0 Å². The molecule has 2 bridgehead atoms. The van der Waals surface area contributed by atoms with Gasteiger partial charge in [-0.3, -0.25) is 0 Å². The predicted molar refractivity (Wildman–Crippen MR) is 41.7 cm³/mol. The van der Waals surface area contributed by atoms with Crippen LogP contribution in [0.5, 0.6) is 0 Å². The molecule has 11 heavy (non-hydrogen) atoms. The third kappa shape index (κ3) is 0.797. The van der Waals surface area contributed by atoms with E-state index in [1.165, 1.54) is 0 Å². The fourth-order valence-corrected chi connectivity index (χ4v) is 2.71. The van der Waals surface area contributed by atoms with E-state index in [4.69, 9.17) is 0 Å². The molecule has 2 fully saturated rings. The van der Waals surface area contributed by atoms with Gasteiger partial charge in [0.05, 0.1) is 0 Å². The molecule has 0 spiro atoms. The number of hydrogen-bond donors (Lipinski definition) is 2. The molecule has 3 atom stereocenters. The maximum absolute atomic E-state index is 9.63. The van der Waals surface area contributed by atoms with Crippen molar-refractivity contribution in [2.24, 2.45) is 17.8 Å². The third-order valence-corrected chi connectivity index (χ3v) is 3.33. The van der Waals surface area contributed by atoms with E-state index in [1.54, 1.807) is 6.08 Å². The first-order valence-corrected chi connectivity index (χ1v) is 4.23. The molecule has 0 aromatic rings. The van der Waals surface area contributed by atoms with E-state index in [-0.39, 0.29) is 11.8 Å². The molecule has 2 aliphatic carbocycles. The van der Waals surface area contributed by atoms with Crippen molar-refractivity contribution in [2.75, 3.05) is 0 Å². The highest BCUT2D eigenvalue weighted by Crippen LogP contribution is 2.53. The Balaban J connectivity index is 2.27. The van der Waals surface area contributed by atoms with Crippen LogP contribution in [0.4, 0.5) is 0 Å². The fraction of sp³-hybridized carbons (Fsp3) is 0.778. The summed E-state index contributed by atoms with van der Waals surface area (Å²) in [6, 6.07) is 0. The molecule has 62 valence electrons. The van der Waals surface area contributed by atoms with Gasteiger partial charge in [0.25, 0.3) is 0 Å². The maximum Gasteiger partial charge on any atom is 0.172 e. The van der Waals surface area contributed by atoms with Crippen LogP contribution in [0.3, 0.4) is 0 Å². The smallest absolute Gasteiger partial charge is 0.172 e. The minimum Gasteiger partial charge on any atom is -0.365 e. The molecule has 2 heteroatoms. The average molecular weight is 154 g/mol. The van der Waals surface area contributed by atoms with E-state index < -0.39 is 5.79 Å². The van der Waals surface area contributed by atoms with E-state index >= 15 is 0 Å². The van der Waals surface area contributed by atoms with Crippen LogP contribution in [0.2, 0.25) is 0 Å². The van der Waals surface area contributed by atoms with E-state index in [0.717, 1.165) is 19.3 Å². The summed E-state index contributed by atoms with van der Waals surface area (Å²) in [5.41, 5.74) is 0. The standard InChI is InChI=1S/C9H14O2/c1-2-8-6-3-4-7(5-6)9(8,10)11/h2,6-8,10-11H,1,3-5H2. The molecule has 2 rings (SSSR count). The summed E-state index contributed by atoms with van der Waals surface area (Å²) in [4.78, 5) is 0. The van der Waals surface area contributed by atoms with Crippen LogP contribution in [0, 0.1) is 17.8 Å². The summed E-state index contributed by atoms with van der Waals surface area (Å²) in [6.07, 6.45) is 4.79. The van der Waals surface area contributed by atoms with Gasteiger partial charge in [-0.1, -0.05) is 6.08 Å². The van der Waals surface area contributed by atoms with Gasteiger partial charge in [0.15, 0.2) is 5.79 Å². The molecule has 2 saturated carbocycles. The van der Waals surface area contributed by atoms with Crippen molar-refractivity contribution >= 4 is 0 Å². The van der Waals surface area contributed by atoms with Gasteiger partial charge in [0.1, 0.15) is 0 Å². The number of fused-ring (bicyclic) bond motifs is 2. The van der Waals surface area contributed by atoms with Crippen LogP contribution in [-0.2, 0) is 0 Å². The third-order valence-electron chi connectivity index (χ3n) is 3.33. The average Bonchev–Trinajstić information content (AvgIpc) is 2.44. The second-order valence-electron chi connectivity index (χ2n) is 3.81. The predicted octanol–water partition coefficient (Wildman–Crippen LogP) is 0.899. The number of aliphatic hydroxyl groups is 2. The normalized spacial score (nSPS) is 46.2. The van der Waals surface area contributed by atoms with Crippen molar-refractivity contribution in [3.63, 3.8) is 0 Å². The zero-order valence-corrected chi connectivity index (χ0v) is 6.53. The minimum atomic E-state index is -1.44. The zero-order chi connectivity index (χ0) is 8.06. The van der Waals surface area contributed by atoms with Crippen LogP contribution < -0.4 is 0 Å². The summed E-state index contributed by atoms with van der Waals surface area (Å²) in [7, 11) is 0. The topological polar surface area (TPSA) is 40.5 Å². The van der Waals surface area contributed by atoms with Crippen molar-refractivity contribution in [1.82, 2.24) is 0 Å². The van der Waals surface area contributed by atoms with E-state index in [1.807, 2.05) is 0 Å². The Hall–Kier alpha value is -0.340. The van der Waals surface area contributed by atoms with Gasteiger partial charge in [-0.25, -0.2) is 0 Å². The van der Waals surface area contributed by atoms with E-state index in [0.29, 0.717) is 5.92 Å². The first-order chi connectivity index (χ1) is 5.16. The molecule has 2 aliphatic rings. The molecular formula is C9H14O2. The molecule has 0 aliphatic heterocycles. The van der Waals surface area contributed by atoms with Gasteiger partial charge in [0, 0.05) is 11.8 Å². The van der Waals surface area contributed by atoms with Crippen molar-refractivity contribution in [2.45, 2.75) is 25.0 Å². The highest BCUT2D eigenvalue weighted by atomic mass is 16.5. The van der Waals surface area contributed by atoms with E-state index in [9.17, 15) is 10.2 Å². The quantitative estimate of drug-likeness (QED) is 0.435. The Bertz CT molecular complexity index is 186. The minimum absolute atomic E-state index is 0.0822. The van der Waals surface area contributed by atoms with Crippen molar-refractivity contribution in [3.8, 4) is 0 Å². The largest absolute Gasteiger partial charge is 0.365 e. The lowest BCUT2D eigenvalue weighted by Crippen LogP contribution is -2.41. The van der Waals surface area contributed by atoms with Crippen LogP contribution in [0.15, 0.2) is 12.7 Å². The Morgan fingerprint density at radius 1 is 1.36 bits per heavy atom. The summed E-state index contributed by atoms with van der Waals surface area (Å²) in [5, 5.41) is 19.3. The lowest BCUT2D eigenvalue weighted by molar-refractivity contribution is -0.216. The Labute approximate surface area is 66.5 Å². The Morgan fingerprint density at radius 3 is 2.45 bits per heavy atom. The molecule has 2 N–H and O–H groups in total. The molecule has 0 aromatic carbocycles. The maximum atomic E-state index is 9.63. The van der Waals surface area contributed by atoms with Crippen LogP contribution in [-0.4, -0.2) is 16.0 Å². The van der Waals surface area contributed by atoms with Gasteiger partial charge in [0.2, 0.25) is 0 Å². The highest BCUT2D eigenvalue weighted by Gasteiger charge is 2.55. The van der Waals surface area contributed by atoms with Crippen LogP contribution in [0.25, 0.3) is 0 Å². The van der Waals surface area contributed by atoms with Gasteiger partial charge >= 0.3 is 0 Å². The van der Waals surface area contributed by atoms with Crippen LogP contribution in [0.1, 0.15) is 19.3 Å². The summed E-state index contributed by atoms with van der Waals surface area (Å²) in [6.45, 7) is 3.64. The molecule has 3 unspecified atom stereocenters. The first-order valence-electron chi connectivity index (χ1n) is 4.23. The Morgan fingerprint density at radius 2 is 2.09 bits per heavy atom. The van der Waals surface area contributed by atoms with Crippen LogP contribution >= 0.6 is 0 Å². The van der Waals surface area contributed by atoms with Gasteiger partial charge < -0.3 is 10.2 Å². The van der Waals surface area contributed by atoms with E-state index in [2.05, 4.69) is 6.58 Å². The molecule has 0 heterocycles. The molecule has 0 amide bonds. The highest BCUT2D eigenvalue weighted by molar-refractivity contribution is 5.07. The number of rotatable bonds is 1. The van der Waals surface area contributed by atoms with Gasteiger partial charge in [-0.15, -0.1) is 6.58 Å². The second kappa shape index (κ2) is 2.08. The SMILES string of the molecule is C=CC1C2CCC(C2)C1(O)O. The Kier molecular flexibility index (Phi) is 1.38. The molecular weight excluding hydrogens is 140 g/mol. The number of hydrogen-bond acceptors (Lipinski definition) is 2. The summed E-state index contributed by atoms with van der Waals surface area (Å²) < 4.78 is 0.